The maximum Gasteiger partial charge on any atom is 0.339 e. The summed E-state index contributed by atoms with van der Waals surface area (Å²) in [4.78, 5) is 43.8. The average Bonchev–Trinajstić information content (AvgIpc) is 3.32. The molecule has 2 bridgehead atoms. The first-order valence-corrected chi connectivity index (χ1v) is 23.9. The van der Waals surface area contributed by atoms with Crippen LogP contribution >= 0.6 is 0 Å². The first kappa shape index (κ1) is 45.4. The van der Waals surface area contributed by atoms with Crippen molar-refractivity contribution < 1.29 is 38.1 Å². The summed E-state index contributed by atoms with van der Waals surface area (Å²) in [6.45, 7) is 5.65. The largest absolute Gasteiger partial charge is 0.483 e. The van der Waals surface area contributed by atoms with Crippen LogP contribution in [0.5, 0.6) is 5.75 Å². The van der Waals surface area contributed by atoms with Crippen molar-refractivity contribution in [1.82, 2.24) is 0 Å². The van der Waals surface area contributed by atoms with Gasteiger partial charge in [-0.15, -0.1) is 0 Å². The van der Waals surface area contributed by atoms with Gasteiger partial charge in [-0.1, -0.05) is 116 Å². The number of allylic oxidation sites excluding steroid dienone is 3. The lowest BCUT2D eigenvalue weighted by molar-refractivity contribution is -0.201. The van der Waals surface area contributed by atoms with Crippen molar-refractivity contribution in [2.24, 2.45) is 11.8 Å². The SMILES string of the molecule is COCCc1c(CO)c2ccc3c(c2oc1=O)[C@H]1OC(=O)C[C@@H]2C[C@H](c4cccc(Cc5ccccc5)c4)C=C[C@H]2c2ccc(cc2)CCC(=C(C)C)C(=O)O[C@@H]1[C@](C)(C1CCCCC1)O3. The maximum atomic E-state index is 15.1. The number of fused-ring (bicyclic) bond motifs is 11. The van der Waals surface area contributed by atoms with Gasteiger partial charge in [-0.05, 0) is 111 Å². The van der Waals surface area contributed by atoms with Crippen molar-refractivity contribution in [3.63, 3.8) is 0 Å². The number of esters is 2. The van der Waals surface area contributed by atoms with Crippen LogP contribution in [0.25, 0.3) is 11.0 Å². The summed E-state index contributed by atoms with van der Waals surface area (Å²) in [6.07, 6.45) is 9.96. The fraction of sp³-hybridized carbons (Fsp3) is 0.421. The zero-order valence-electron chi connectivity index (χ0n) is 38.7. The summed E-state index contributed by atoms with van der Waals surface area (Å²) in [6, 6.07) is 31.4. The number of benzene rings is 4. The van der Waals surface area contributed by atoms with Gasteiger partial charge in [0, 0.05) is 54.2 Å². The molecule has 1 fully saturated rings. The Morgan fingerprint density at radius 1 is 0.818 bits per heavy atom. The highest BCUT2D eigenvalue weighted by atomic mass is 16.6. The second-order valence-electron chi connectivity index (χ2n) is 19.3. The number of hydrogen-bond donors (Lipinski definition) is 1. The van der Waals surface area contributed by atoms with E-state index >= 15 is 4.79 Å². The minimum atomic E-state index is -1.20. The Labute approximate surface area is 387 Å². The Kier molecular flexibility index (Phi) is 13.5. The standard InChI is InChI=1S/C57H62O9/c1-35(2)44-24-20-36-18-21-39(22-19-36)45-25-23-41(40-15-11-14-38(31-40)30-37-12-7-5-8-13-37)32-42(45)33-50(59)63-53-51-49(66-57(3,54(53)65-55(44)60)43-16-9-6-10-17-43)27-26-46-48(34-58)47(28-29-62-4)56(61)64-52(46)51/h5,7-8,11-15,18-19,21-23,25-27,31,41-43,45,53-54,58H,6,9-10,16-17,20,24,28-30,32-34H2,1-4H3/t41-,42+,45+,53-,54+,57+/m1/s1. The smallest absolute Gasteiger partial charge is 0.339 e. The summed E-state index contributed by atoms with van der Waals surface area (Å²) in [5.41, 5.74) is 6.72. The molecule has 1 aromatic heterocycles. The highest BCUT2D eigenvalue weighted by Gasteiger charge is 2.56. The van der Waals surface area contributed by atoms with E-state index in [0.29, 0.717) is 52.7 Å². The minimum Gasteiger partial charge on any atom is -0.483 e. The van der Waals surface area contributed by atoms with Crippen LogP contribution in [0.15, 0.2) is 124 Å². The lowest BCUT2D eigenvalue weighted by Crippen LogP contribution is -2.58. The van der Waals surface area contributed by atoms with Crippen LogP contribution in [0.1, 0.15) is 135 Å². The van der Waals surface area contributed by atoms with Crippen molar-refractivity contribution in [2.75, 3.05) is 13.7 Å². The zero-order chi connectivity index (χ0) is 46.0. The van der Waals surface area contributed by atoms with Gasteiger partial charge in [0.05, 0.1) is 18.8 Å². The van der Waals surface area contributed by atoms with Crippen LogP contribution in [-0.2, 0) is 49.7 Å². The minimum absolute atomic E-state index is 0.0319. The molecule has 9 nitrogen and oxygen atoms in total. The van der Waals surface area contributed by atoms with Gasteiger partial charge in [0.25, 0.3) is 0 Å². The van der Waals surface area contributed by atoms with Crippen molar-refractivity contribution in [3.8, 4) is 5.75 Å². The maximum absolute atomic E-state index is 15.1. The first-order valence-electron chi connectivity index (χ1n) is 23.9. The third-order valence-corrected chi connectivity index (χ3v) is 14.9. The lowest BCUT2D eigenvalue weighted by atomic mass is 9.71. The zero-order valence-corrected chi connectivity index (χ0v) is 38.7. The Hall–Kier alpha value is -5.77. The van der Waals surface area contributed by atoms with E-state index in [9.17, 15) is 14.7 Å². The van der Waals surface area contributed by atoms with Crippen LogP contribution in [-0.4, -0.2) is 42.5 Å². The van der Waals surface area contributed by atoms with Crippen LogP contribution < -0.4 is 10.4 Å². The molecule has 4 heterocycles. The molecular weight excluding hydrogens is 829 g/mol. The molecule has 0 spiro atoms. The van der Waals surface area contributed by atoms with E-state index in [-0.39, 0.29) is 48.7 Å². The molecule has 66 heavy (non-hydrogen) atoms. The molecule has 0 radical (unpaired) electrons. The highest BCUT2D eigenvalue weighted by molar-refractivity contribution is 5.90. The summed E-state index contributed by atoms with van der Waals surface area (Å²) >= 11 is 0. The Balaban J connectivity index is 1.17. The van der Waals surface area contributed by atoms with Gasteiger partial charge < -0.3 is 28.5 Å². The summed E-state index contributed by atoms with van der Waals surface area (Å²) < 4.78 is 32.3. The third kappa shape index (κ3) is 9.17. The predicted molar refractivity (Wildman–Crippen MR) is 254 cm³/mol. The van der Waals surface area contributed by atoms with Crippen molar-refractivity contribution in [2.45, 2.75) is 128 Å². The van der Waals surface area contributed by atoms with E-state index in [1.54, 1.807) is 13.2 Å². The number of hydrogen-bond acceptors (Lipinski definition) is 9. The summed E-state index contributed by atoms with van der Waals surface area (Å²) in [5, 5.41) is 11.3. The number of carbonyl (C=O) groups is 2. The van der Waals surface area contributed by atoms with E-state index < -0.39 is 42.0 Å². The van der Waals surface area contributed by atoms with Gasteiger partial charge in [-0.2, -0.15) is 0 Å². The van der Waals surface area contributed by atoms with E-state index in [0.717, 1.165) is 55.2 Å². The number of methoxy groups -OCH3 is 1. The molecule has 3 aliphatic heterocycles. The number of aliphatic hydroxyl groups excluding tert-OH is 1. The first-order chi connectivity index (χ1) is 32.0. The van der Waals surface area contributed by atoms with E-state index in [1.165, 1.54) is 16.7 Å². The van der Waals surface area contributed by atoms with Gasteiger partial charge in [-0.25, -0.2) is 9.59 Å². The van der Waals surface area contributed by atoms with Crippen LogP contribution in [0.4, 0.5) is 0 Å². The molecule has 4 aromatic carbocycles. The van der Waals surface area contributed by atoms with Crippen molar-refractivity contribution in [1.29, 1.82) is 0 Å². The summed E-state index contributed by atoms with van der Waals surface area (Å²) in [5.74, 6) is -0.716. The van der Waals surface area contributed by atoms with Gasteiger partial charge in [0.15, 0.2) is 12.2 Å². The van der Waals surface area contributed by atoms with Crippen molar-refractivity contribution in [3.05, 3.63) is 169 Å². The van der Waals surface area contributed by atoms with E-state index in [1.807, 2.05) is 32.9 Å². The average molecular weight is 891 g/mol. The topological polar surface area (TPSA) is 122 Å². The molecule has 5 aromatic rings. The van der Waals surface area contributed by atoms with Crippen LogP contribution in [0, 0.1) is 11.8 Å². The van der Waals surface area contributed by atoms with Crippen LogP contribution in [0.2, 0.25) is 0 Å². The number of rotatable bonds is 8. The van der Waals surface area contributed by atoms with Gasteiger partial charge >= 0.3 is 17.6 Å². The molecular formula is C57H62O9. The second-order valence-corrected chi connectivity index (χ2v) is 19.3. The number of carbonyl (C=O) groups excluding carboxylic acids is 2. The summed E-state index contributed by atoms with van der Waals surface area (Å²) in [7, 11) is 1.55. The van der Waals surface area contributed by atoms with Gasteiger partial charge in [0.2, 0.25) is 0 Å². The molecule has 344 valence electrons. The van der Waals surface area contributed by atoms with Crippen molar-refractivity contribution >= 4 is 22.9 Å². The normalized spacial score (nSPS) is 24.7. The Morgan fingerprint density at radius 2 is 1.59 bits per heavy atom. The predicted octanol–water partition coefficient (Wildman–Crippen LogP) is 11.1. The molecule has 1 saturated carbocycles. The molecule has 0 amide bonds. The van der Waals surface area contributed by atoms with Gasteiger partial charge in [0.1, 0.15) is 16.9 Å². The van der Waals surface area contributed by atoms with Gasteiger partial charge in [-0.3, -0.25) is 4.79 Å². The molecule has 0 unspecified atom stereocenters. The molecule has 1 N–H and O–H groups in total. The van der Waals surface area contributed by atoms with E-state index in [4.69, 9.17) is 23.4 Å². The quantitative estimate of drug-likeness (QED) is 0.0702. The van der Waals surface area contributed by atoms with Crippen LogP contribution in [0.3, 0.4) is 0 Å². The highest BCUT2D eigenvalue weighted by Crippen LogP contribution is 2.52. The molecule has 10 rings (SSSR count). The number of aryl methyl sites for hydroxylation is 1. The second kappa shape index (κ2) is 19.6. The monoisotopic (exact) mass is 890 g/mol. The third-order valence-electron chi connectivity index (χ3n) is 14.9. The van der Waals surface area contributed by atoms with E-state index in [2.05, 4.69) is 84.9 Å². The molecule has 0 saturated heterocycles. The Morgan fingerprint density at radius 3 is 2.33 bits per heavy atom. The molecule has 2 aliphatic carbocycles. The Bertz CT molecular complexity index is 2680. The number of aliphatic hydroxyl groups is 1. The lowest BCUT2D eigenvalue weighted by Gasteiger charge is -2.50. The molecule has 6 atom stereocenters. The number of ether oxygens (including phenoxy) is 4. The fourth-order valence-electron chi connectivity index (χ4n) is 11.3. The fourth-order valence-corrected chi connectivity index (χ4v) is 11.3. The molecule has 9 heteroatoms. The molecule has 5 aliphatic rings.